The minimum absolute atomic E-state index is 0.0539. The van der Waals surface area contributed by atoms with Gasteiger partial charge in [-0.3, -0.25) is 14.9 Å². The Morgan fingerprint density at radius 3 is 2.61 bits per heavy atom. The molecule has 0 bridgehead atoms. The second-order valence-electron chi connectivity index (χ2n) is 7.49. The molecule has 2 aromatic carbocycles. The number of rotatable bonds is 6. The van der Waals surface area contributed by atoms with Gasteiger partial charge >= 0.3 is 0 Å². The summed E-state index contributed by atoms with van der Waals surface area (Å²) in [6.07, 6.45) is 0.370. The van der Waals surface area contributed by atoms with Crippen molar-refractivity contribution in [2.75, 3.05) is 23.4 Å². The zero-order valence-corrected chi connectivity index (χ0v) is 18.7. The molecule has 0 aliphatic carbocycles. The third-order valence-corrected chi connectivity index (χ3v) is 6.12. The molecule has 1 aromatic heterocycles. The van der Waals surface area contributed by atoms with Crippen molar-refractivity contribution in [2.24, 2.45) is 0 Å². The monoisotopic (exact) mass is 456 g/mol. The Hall–Kier alpha value is -2.97. The summed E-state index contributed by atoms with van der Waals surface area (Å²) < 4.78 is 5.43. The van der Waals surface area contributed by atoms with E-state index in [9.17, 15) is 9.59 Å². The van der Waals surface area contributed by atoms with E-state index < -0.39 is 0 Å². The van der Waals surface area contributed by atoms with Crippen LogP contribution in [0.4, 0.5) is 10.8 Å². The lowest BCUT2D eigenvalue weighted by Gasteiger charge is -2.17. The molecule has 1 fully saturated rings. The van der Waals surface area contributed by atoms with E-state index in [0.717, 1.165) is 21.8 Å². The van der Waals surface area contributed by atoms with Crippen molar-refractivity contribution in [1.29, 1.82) is 0 Å². The lowest BCUT2D eigenvalue weighted by atomic mass is 10.1. The van der Waals surface area contributed by atoms with Gasteiger partial charge in [-0.2, -0.15) is 0 Å². The van der Waals surface area contributed by atoms with Crippen LogP contribution in [0.25, 0.3) is 0 Å². The zero-order chi connectivity index (χ0) is 22.0. The lowest BCUT2D eigenvalue weighted by Crippen LogP contribution is -2.24. The van der Waals surface area contributed by atoms with Crippen LogP contribution in [0, 0.1) is 13.8 Å². The van der Waals surface area contributed by atoms with E-state index >= 15 is 0 Å². The van der Waals surface area contributed by atoms with E-state index in [2.05, 4.69) is 21.6 Å². The molecule has 2 heterocycles. The van der Waals surface area contributed by atoms with Gasteiger partial charge in [-0.05, 0) is 61.4 Å². The third-order valence-electron chi connectivity index (χ3n) is 4.86. The molecule has 160 valence electrons. The van der Waals surface area contributed by atoms with Gasteiger partial charge in [0.1, 0.15) is 10.8 Å². The average Bonchev–Trinajstić information content (AvgIpc) is 3.33. The Bertz CT molecular complexity index is 1100. The highest BCUT2D eigenvalue weighted by molar-refractivity contribution is 7.15. The smallest absolute Gasteiger partial charge is 0.264 e. The largest absolute Gasteiger partial charge is 0.484 e. The zero-order valence-electron chi connectivity index (χ0n) is 17.1. The molecule has 2 amide bonds. The summed E-state index contributed by atoms with van der Waals surface area (Å²) in [6, 6.07) is 12.9. The summed E-state index contributed by atoms with van der Waals surface area (Å²) in [5, 5.41) is 12.7. The Kier molecular flexibility index (Phi) is 6.20. The van der Waals surface area contributed by atoms with Crippen LogP contribution in [0.5, 0.6) is 5.75 Å². The normalized spacial score (nSPS) is 15.9. The van der Waals surface area contributed by atoms with Crippen molar-refractivity contribution >= 4 is 45.6 Å². The predicted octanol–water partition coefficient (Wildman–Crippen LogP) is 4.35. The summed E-state index contributed by atoms with van der Waals surface area (Å²) in [4.78, 5) is 26.5. The van der Waals surface area contributed by atoms with Crippen LogP contribution in [0.2, 0.25) is 5.02 Å². The van der Waals surface area contributed by atoms with Gasteiger partial charge in [-0.1, -0.05) is 29.0 Å². The summed E-state index contributed by atoms with van der Waals surface area (Å²) in [5.74, 6) is 0.222. The third kappa shape index (κ3) is 5.21. The van der Waals surface area contributed by atoms with E-state index in [-0.39, 0.29) is 24.3 Å². The molecule has 1 atom stereocenters. The number of amides is 2. The first-order valence-electron chi connectivity index (χ1n) is 9.77. The second-order valence-corrected chi connectivity index (χ2v) is 8.93. The number of hydrogen-bond donors (Lipinski definition) is 1. The minimum Gasteiger partial charge on any atom is -0.484 e. The van der Waals surface area contributed by atoms with Crippen LogP contribution >= 0.6 is 22.9 Å². The summed E-state index contributed by atoms with van der Waals surface area (Å²) in [5.41, 5.74) is 3.14. The number of anilines is 2. The molecule has 1 unspecified atom stereocenters. The maximum atomic E-state index is 12.6. The van der Waals surface area contributed by atoms with Crippen LogP contribution in [0.15, 0.2) is 42.5 Å². The number of aryl methyl sites for hydroxylation is 2. The molecule has 9 heteroatoms. The second kappa shape index (κ2) is 9.03. The van der Waals surface area contributed by atoms with Crippen LogP contribution in [-0.2, 0) is 9.59 Å². The maximum absolute atomic E-state index is 12.6. The molecule has 31 heavy (non-hydrogen) atoms. The maximum Gasteiger partial charge on any atom is 0.264 e. The molecule has 1 N–H and O–H groups in total. The first kappa shape index (κ1) is 21.3. The van der Waals surface area contributed by atoms with Gasteiger partial charge in [0.15, 0.2) is 6.61 Å². The SMILES string of the molecule is Cc1cc(C)cc(N2CC(c3nnc(NC(=O)COc4ccc(Cl)cc4)s3)CC2=O)c1. The quantitative estimate of drug-likeness (QED) is 0.596. The van der Waals surface area contributed by atoms with Gasteiger partial charge in [0, 0.05) is 29.6 Å². The lowest BCUT2D eigenvalue weighted by molar-refractivity contribution is -0.118. The Labute approximate surface area is 189 Å². The summed E-state index contributed by atoms with van der Waals surface area (Å²) >= 11 is 7.11. The predicted molar refractivity (Wildman–Crippen MR) is 121 cm³/mol. The number of benzene rings is 2. The highest BCUT2D eigenvalue weighted by Gasteiger charge is 2.34. The molecule has 3 aromatic rings. The molecule has 0 saturated carbocycles. The Morgan fingerprint density at radius 2 is 1.90 bits per heavy atom. The fourth-order valence-electron chi connectivity index (χ4n) is 3.51. The van der Waals surface area contributed by atoms with Crippen molar-refractivity contribution < 1.29 is 14.3 Å². The van der Waals surface area contributed by atoms with Crippen LogP contribution < -0.4 is 15.0 Å². The van der Waals surface area contributed by atoms with Gasteiger partial charge in [-0.15, -0.1) is 10.2 Å². The van der Waals surface area contributed by atoms with Crippen molar-refractivity contribution in [3.63, 3.8) is 0 Å². The van der Waals surface area contributed by atoms with Gasteiger partial charge in [-0.25, -0.2) is 0 Å². The van der Waals surface area contributed by atoms with Crippen LogP contribution in [-0.4, -0.2) is 35.2 Å². The molecule has 1 aliphatic heterocycles. The number of hydrogen-bond acceptors (Lipinski definition) is 6. The molecule has 1 aliphatic rings. The van der Waals surface area contributed by atoms with Crippen molar-refractivity contribution in [3.8, 4) is 5.75 Å². The average molecular weight is 457 g/mol. The highest BCUT2D eigenvalue weighted by atomic mass is 35.5. The first-order valence-corrected chi connectivity index (χ1v) is 11.0. The van der Waals surface area contributed by atoms with Crippen molar-refractivity contribution in [2.45, 2.75) is 26.2 Å². The number of nitrogens with zero attached hydrogens (tertiary/aromatic N) is 3. The fraction of sp³-hybridized carbons (Fsp3) is 0.273. The number of carbonyl (C=O) groups excluding carboxylic acids is 2. The molecular weight excluding hydrogens is 436 g/mol. The van der Waals surface area contributed by atoms with E-state index in [1.54, 1.807) is 29.2 Å². The fourth-order valence-corrected chi connectivity index (χ4v) is 4.49. The number of aromatic nitrogens is 2. The molecule has 0 radical (unpaired) electrons. The minimum atomic E-state index is -0.336. The molecule has 0 spiro atoms. The molecule has 7 nitrogen and oxygen atoms in total. The van der Waals surface area contributed by atoms with Gasteiger partial charge < -0.3 is 9.64 Å². The molecular formula is C22H21ClN4O3S. The molecule has 1 saturated heterocycles. The van der Waals surface area contributed by atoms with E-state index in [1.165, 1.54) is 11.3 Å². The Balaban J connectivity index is 1.35. The van der Waals surface area contributed by atoms with Crippen molar-refractivity contribution in [3.05, 3.63) is 63.6 Å². The topological polar surface area (TPSA) is 84.4 Å². The van der Waals surface area contributed by atoms with Gasteiger partial charge in [0.2, 0.25) is 11.0 Å². The standard InChI is InChI=1S/C22H21ClN4O3S/c1-13-7-14(2)9-17(8-13)27-11-15(10-20(27)29)21-25-26-22(31-21)24-19(28)12-30-18-5-3-16(23)4-6-18/h3-9,15H,10-12H2,1-2H3,(H,24,26,28). The summed E-state index contributed by atoms with van der Waals surface area (Å²) in [6.45, 7) is 4.43. The van der Waals surface area contributed by atoms with E-state index in [0.29, 0.717) is 28.9 Å². The van der Waals surface area contributed by atoms with Gasteiger partial charge in [0.25, 0.3) is 5.91 Å². The highest BCUT2D eigenvalue weighted by Crippen LogP contribution is 2.34. The summed E-state index contributed by atoms with van der Waals surface area (Å²) in [7, 11) is 0. The number of carbonyl (C=O) groups is 2. The van der Waals surface area contributed by atoms with Crippen LogP contribution in [0.3, 0.4) is 0 Å². The van der Waals surface area contributed by atoms with Crippen molar-refractivity contribution in [1.82, 2.24) is 10.2 Å². The first-order chi connectivity index (χ1) is 14.9. The van der Waals surface area contributed by atoms with Crippen LogP contribution in [0.1, 0.15) is 28.5 Å². The van der Waals surface area contributed by atoms with E-state index in [1.807, 2.05) is 26.0 Å². The Morgan fingerprint density at radius 1 is 1.19 bits per heavy atom. The van der Waals surface area contributed by atoms with E-state index in [4.69, 9.17) is 16.3 Å². The molecule has 4 rings (SSSR count). The van der Waals surface area contributed by atoms with Gasteiger partial charge in [0.05, 0.1) is 0 Å². The number of halogens is 1. The number of nitrogens with one attached hydrogen (secondary N) is 1. The number of ether oxygens (including phenoxy) is 1.